The molecule has 50 heavy (non-hydrogen) atoms. The summed E-state index contributed by atoms with van der Waals surface area (Å²) in [5, 5.41) is 2.51. The molecule has 0 unspecified atom stereocenters. The van der Waals surface area contributed by atoms with Gasteiger partial charge in [-0.1, -0.05) is 172 Å². The van der Waals surface area contributed by atoms with Crippen molar-refractivity contribution in [2.45, 2.75) is 19.3 Å². The number of benzene rings is 8. The topological polar surface area (TPSA) is 3.24 Å². The predicted octanol–water partition coefficient (Wildman–Crippen LogP) is 13.6. The first-order valence-corrected chi connectivity index (χ1v) is 17.4. The monoisotopic (exact) mass is 639 g/mol. The molecule has 0 saturated heterocycles. The van der Waals surface area contributed by atoms with Crippen LogP contribution in [0.4, 0.5) is 17.1 Å². The lowest BCUT2D eigenvalue weighted by atomic mass is 9.82. The van der Waals surface area contributed by atoms with Gasteiger partial charge in [0.2, 0.25) is 0 Å². The molecule has 0 heterocycles. The molecule has 0 radical (unpaired) electrons. The van der Waals surface area contributed by atoms with Crippen LogP contribution in [0.1, 0.15) is 25.0 Å². The fraction of sp³-hybridized carbons (Fsp3) is 0.0612. The Balaban J connectivity index is 1.23. The maximum absolute atomic E-state index is 2.45. The van der Waals surface area contributed by atoms with E-state index in [1.165, 1.54) is 66.4 Å². The molecule has 238 valence electrons. The average Bonchev–Trinajstić information content (AvgIpc) is 3.41. The molecule has 0 aromatic heterocycles. The molecule has 0 N–H and O–H groups in total. The molecule has 0 amide bonds. The highest BCUT2D eigenvalue weighted by Crippen LogP contribution is 2.51. The summed E-state index contributed by atoms with van der Waals surface area (Å²) in [7, 11) is 0. The van der Waals surface area contributed by atoms with Crippen LogP contribution >= 0.6 is 0 Å². The third kappa shape index (κ3) is 5.02. The zero-order valence-corrected chi connectivity index (χ0v) is 28.3. The van der Waals surface area contributed by atoms with E-state index < -0.39 is 0 Å². The molecule has 0 fully saturated rings. The standard InChI is InChI=1S/C49H37N/c1-49(2)46-24-10-8-22-44(46)45-31-30-40(33-47(45)49)50(39-19-12-18-38(32-39)42-23-13-17-36-16-6-7-20-41(36)42)48-25-11-9-21-43(48)37-28-26-35(27-29-37)34-14-4-3-5-15-34/h3-33H,1-2H3. The largest absolute Gasteiger partial charge is 0.310 e. The van der Waals surface area contributed by atoms with Gasteiger partial charge in [-0.25, -0.2) is 0 Å². The van der Waals surface area contributed by atoms with Gasteiger partial charge < -0.3 is 4.90 Å². The summed E-state index contributed by atoms with van der Waals surface area (Å²) in [5.41, 5.74) is 15.9. The van der Waals surface area contributed by atoms with Gasteiger partial charge in [-0.15, -0.1) is 0 Å². The van der Waals surface area contributed by atoms with Crippen molar-refractivity contribution in [2.75, 3.05) is 4.90 Å². The second-order valence-corrected chi connectivity index (χ2v) is 13.8. The minimum atomic E-state index is -0.106. The fourth-order valence-electron chi connectivity index (χ4n) is 7.93. The van der Waals surface area contributed by atoms with Crippen molar-refractivity contribution in [1.82, 2.24) is 0 Å². The van der Waals surface area contributed by atoms with Gasteiger partial charge in [0, 0.05) is 22.4 Å². The van der Waals surface area contributed by atoms with Crippen molar-refractivity contribution in [1.29, 1.82) is 0 Å². The predicted molar refractivity (Wildman–Crippen MR) is 213 cm³/mol. The summed E-state index contributed by atoms with van der Waals surface area (Å²) in [6, 6.07) is 68.6. The zero-order chi connectivity index (χ0) is 33.7. The Morgan fingerprint density at radius 2 is 0.940 bits per heavy atom. The Morgan fingerprint density at radius 3 is 1.80 bits per heavy atom. The lowest BCUT2D eigenvalue weighted by Gasteiger charge is -2.30. The van der Waals surface area contributed by atoms with Gasteiger partial charge in [-0.05, 0) is 91.2 Å². The van der Waals surface area contributed by atoms with Gasteiger partial charge in [0.1, 0.15) is 0 Å². The Bertz CT molecular complexity index is 2500. The maximum Gasteiger partial charge on any atom is 0.0540 e. The van der Waals surface area contributed by atoms with Crippen LogP contribution in [0.15, 0.2) is 188 Å². The molecule has 9 rings (SSSR count). The Labute approximate surface area is 294 Å². The Morgan fingerprint density at radius 1 is 0.360 bits per heavy atom. The van der Waals surface area contributed by atoms with E-state index in [-0.39, 0.29) is 5.41 Å². The van der Waals surface area contributed by atoms with E-state index in [2.05, 4.69) is 207 Å². The highest BCUT2D eigenvalue weighted by atomic mass is 15.1. The van der Waals surface area contributed by atoms with Gasteiger partial charge in [-0.2, -0.15) is 0 Å². The van der Waals surface area contributed by atoms with E-state index in [9.17, 15) is 0 Å². The number of para-hydroxylation sites is 1. The summed E-state index contributed by atoms with van der Waals surface area (Å²) < 4.78 is 0. The molecular formula is C49H37N. The second kappa shape index (κ2) is 12.1. The summed E-state index contributed by atoms with van der Waals surface area (Å²) >= 11 is 0. The van der Waals surface area contributed by atoms with Gasteiger partial charge >= 0.3 is 0 Å². The van der Waals surface area contributed by atoms with E-state index in [0.717, 1.165) is 17.1 Å². The molecule has 1 aliphatic carbocycles. The Hall–Kier alpha value is -6.18. The Kier molecular flexibility index (Phi) is 7.21. The number of rotatable bonds is 6. The minimum absolute atomic E-state index is 0.106. The molecule has 1 nitrogen and oxygen atoms in total. The first kappa shape index (κ1) is 29.9. The quantitative estimate of drug-likeness (QED) is 0.175. The number of fused-ring (bicyclic) bond motifs is 4. The number of hydrogen-bond acceptors (Lipinski definition) is 1. The third-order valence-corrected chi connectivity index (χ3v) is 10.5. The number of hydrogen-bond donors (Lipinski definition) is 0. The van der Waals surface area contributed by atoms with Gasteiger partial charge in [0.25, 0.3) is 0 Å². The lowest BCUT2D eigenvalue weighted by molar-refractivity contribution is 0.660. The summed E-state index contributed by atoms with van der Waals surface area (Å²) in [6.45, 7) is 4.71. The van der Waals surface area contributed by atoms with Crippen LogP contribution in [0.3, 0.4) is 0 Å². The van der Waals surface area contributed by atoms with E-state index >= 15 is 0 Å². The number of nitrogens with zero attached hydrogens (tertiary/aromatic N) is 1. The molecule has 0 saturated carbocycles. The molecule has 1 aliphatic rings. The summed E-state index contributed by atoms with van der Waals surface area (Å²) in [4.78, 5) is 2.45. The van der Waals surface area contributed by atoms with E-state index in [0.29, 0.717) is 0 Å². The van der Waals surface area contributed by atoms with Crippen LogP contribution in [0, 0.1) is 0 Å². The second-order valence-electron chi connectivity index (χ2n) is 13.8. The van der Waals surface area contributed by atoms with Crippen LogP contribution in [0.2, 0.25) is 0 Å². The van der Waals surface area contributed by atoms with Gasteiger partial charge in [-0.3, -0.25) is 0 Å². The van der Waals surface area contributed by atoms with Gasteiger partial charge in [0.15, 0.2) is 0 Å². The van der Waals surface area contributed by atoms with Crippen molar-refractivity contribution < 1.29 is 0 Å². The minimum Gasteiger partial charge on any atom is -0.310 e. The van der Waals surface area contributed by atoms with Crippen LogP contribution in [0.5, 0.6) is 0 Å². The van der Waals surface area contributed by atoms with E-state index in [4.69, 9.17) is 0 Å². The average molecular weight is 640 g/mol. The lowest BCUT2D eigenvalue weighted by Crippen LogP contribution is -2.17. The highest BCUT2D eigenvalue weighted by Gasteiger charge is 2.35. The highest BCUT2D eigenvalue weighted by molar-refractivity contribution is 5.98. The molecule has 0 atom stereocenters. The molecule has 8 aromatic rings. The van der Waals surface area contributed by atoms with Crippen molar-refractivity contribution in [3.8, 4) is 44.5 Å². The van der Waals surface area contributed by atoms with Crippen LogP contribution < -0.4 is 4.90 Å². The van der Waals surface area contributed by atoms with Crippen LogP contribution in [-0.4, -0.2) is 0 Å². The van der Waals surface area contributed by atoms with Crippen LogP contribution in [0.25, 0.3) is 55.3 Å². The smallest absolute Gasteiger partial charge is 0.0540 e. The van der Waals surface area contributed by atoms with E-state index in [1.54, 1.807) is 0 Å². The summed E-state index contributed by atoms with van der Waals surface area (Å²) in [5.74, 6) is 0. The first-order chi connectivity index (χ1) is 24.6. The van der Waals surface area contributed by atoms with Crippen molar-refractivity contribution >= 4 is 27.8 Å². The van der Waals surface area contributed by atoms with Crippen molar-refractivity contribution in [2.24, 2.45) is 0 Å². The molecule has 1 heteroatoms. The first-order valence-electron chi connectivity index (χ1n) is 17.4. The number of anilines is 3. The molecule has 0 aliphatic heterocycles. The zero-order valence-electron chi connectivity index (χ0n) is 28.3. The van der Waals surface area contributed by atoms with E-state index in [1.807, 2.05) is 0 Å². The molecule has 0 bridgehead atoms. The van der Waals surface area contributed by atoms with Crippen molar-refractivity contribution in [3.63, 3.8) is 0 Å². The molecular weight excluding hydrogens is 603 g/mol. The fourth-order valence-corrected chi connectivity index (χ4v) is 7.93. The van der Waals surface area contributed by atoms with Crippen molar-refractivity contribution in [3.05, 3.63) is 199 Å². The summed E-state index contributed by atoms with van der Waals surface area (Å²) in [6.07, 6.45) is 0. The normalized spacial score (nSPS) is 12.8. The molecule has 0 spiro atoms. The maximum atomic E-state index is 2.45. The third-order valence-electron chi connectivity index (χ3n) is 10.5. The van der Waals surface area contributed by atoms with Gasteiger partial charge in [0.05, 0.1) is 5.69 Å². The van der Waals surface area contributed by atoms with Crippen LogP contribution in [-0.2, 0) is 5.41 Å². The SMILES string of the molecule is CC1(C)c2ccccc2-c2ccc(N(c3cccc(-c4cccc5ccccc45)c3)c3ccccc3-c3ccc(-c4ccccc4)cc3)cc21. The molecule has 8 aromatic carbocycles.